The first-order valence-electron chi connectivity index (χ1n) is 8.52. The number of aryl methyl sites for hydroxylation is 1. The van der Waals surface area contributed by atoms with Gasteiger partial charge in [0, 0.05) is 39.3 Å². The Morgan fingerprint density at radius 1 is 1.30 bits per heavy atom. The molecule has 1 N–H and O–H groups in total. The fraction of sp³-hybridized carbons (Fsp3) is 0.765. The molecule has 1 aromatic heterocycles. The number of piperidine rings is 1. The van der Waals surface area contributed by atoms with Gasteiger partial charge in [-0.2, -0.15) is 5.10 Å². The van der Waals surface area contributed by atoms with Crippen LogP contribution in [0.5, 0.6) is 0 Å². The average molecular weight is 340 g/mol. The Kier molecular flexibility index (Phi) is 6.23. The van der Waals surface area contributed by atoms with Crippen LogP contribution in [-0.2, 0) is 0 Å². The zero-order valence-corrected chi connectivity index (χ0v) is 15.4. The molecule has 2 aliphatic heterocycles. The van der Waals surface area contributed by atoms with Gasteiger partial charge in [-0.05, 0) is 50.3 Å². The maximum atomic E-state index is 4.32. The van der Waals surface area contributed by atoms with E-state index >= 15 is 0 Å². The van der Waals surface area contributed by atoms with Crippen LogP contribution in [0.3, 0.4) is 0 Å². The van der Waals surface area contributed by atoms with Gasteiger partial charge in [0.2, 0.25) is 0 Å². The van der Waals surface area contributed by atoms with Gasteiger partial charge in [-0.1, -0.05) is 6.92 Å². The second kappa shape index (κ2) is 7.77. The summed E-state index contributed by atoms with van der Waals surface area (Å²) in [6.45, 7) is 10.4. The Morgan fingerprint density at radius 2 is 2.04 bits per heavy atom. The number of halogens is 1. The van der Waals surface area contributed by atoms with Crippen LogP contribution >= 0.6 is 12.4 Å². The molecule has 2 fully saturated rings. The number of aromatic nitrogens is 2. The molecule has 2 aliphatic rings. The minimum Gasteiger partial charge on any atom is -0.355 e. The first-order chi connectivity index (χ1) is 10.6. The monoisotopic (exact) mass is 339 g/mol. The van der Waals surface area contributed by atoms with E-state index in [2.05, 4.69) is 45.4 Å². The highest BCUT2D eigenvalue weighted by molar-refractivity contribution is 5.85. The molecule has 3 heterocycles. The lowest BCUT2D eigenvalue weighted by molar-refractivity contribution is 0.144. The average Bonchev–Trinajstić information content (AvgIpc) is 2.94. The number of likely N-dealkylation sites (tertiary alicyclic amines) is 1. The molecule has 23 heavy (non-hydrogen) atoms. The van der Waals surface area contributed by atoms with E-state index in [1.165, 1.54) is 52.0 Å². The van der Waals surface area contributed by atoms with Crippen molar-refractivity contribution in [2.24, 2.45) is 5.41 Å². The topological polar surface area (TPSA) is 44.3 Å². The Hall–Kier alpha value is -0.910. The van der Waals surface area contributed by atoms with Crippen LogP contribution < -0.4 is 10.2 Å². The summed E-state index contributed by atoms with van der Waals surface area (Å²) in [5, 5.41) is 12.0. The second-order valence-electron chi connectivity index (χ2n) is 7.39. The van der Waals surface area contributed by atoms with Crippen molar-refractivity contribution in [2.45, 2.75) is 39.2 Å². The summed E-state index contributed by atoms with van der Waals surface area (Å²) in [7, 11) is 2.15. The predicted octanol–water partition coefficient (Wildman–Crippen LogP) is 2.11. The number of hydrogen-bond acceptors (Lipinski definition) is 5. The number of anilines is 1. The smallest absolute Gasteiger partial charge is 0.151 e. The zero-order valence-electron chi connectivity index (χ0n) is 14.6. The lowest BCUT2D eigenvalue weighted by Gasteiger charge is -2.40. The molecule has 0 aliphatic carbocycles. The number of rotatable bonds is 4. The molecule has 2 saturated heterocycles. The summed E-state index contributed by atoms with van der Waals surface area (Å²) in [5.74, 6) is 0.996. The van der Waals surface area contributed by atoms with Crippen LogP contribution in [0.15, 0.2) is 12.1 Å². The first-order valence-corrected chi connectivity index (χ1v) is 8.52. The standard InChI is InChI=1S/C17H29N5.ClH/c1-14-4-5-16(20-19-14)21(3)15-6-10-22(11-7-15)13-17(2)8-9-18-12-17;/h4-5,15,18H,6-13H2,1-3H3;1H. The molecular formula is C17H30ClN5. The molecule has 0 aromatic carbocycles. The minimum absolute atomic E-state index is 0. The summed E-state index contributed by atoms with van der Waals surface area (Å²) in [6, 6.07) is 4.71. The molecule has 1 aromatic rings. The van der Waals surface area contributed by atoms with Crippen LogP contribution in [0.1, 0.15) is 31.9 Å². The molecule has 0 saturated carbocycles. The van der Waals surface area contributed by atoms with E-state index in [1.807, 2.05) is 13.0 Å². The number of nitrogens with zero attached hydrogens (tertiary/aromatic N) is 4. The predicted molar refractivity (Wildman–Crippen MR) is 97.5 cm³/mol. The maximum absolute atomic E-state index is 4.32. The van der Waals surface area contributed by atoms with E-state index in [4.69, 9.17) is 0 Å². The molecule has 0 spiro atoms. The van der Waals surface area contributed by atoms with E-state index in [0.717, 1.165) is 11.5 Å². The second-order valence-corrected chi connectivity index (χ2v) is 7.39. The molecule has 130 valence electrons. The third-order valence-corrected chi connectivity index (χ3v) is 5.31. The third-order valence-electron chi connectivity index (χ3n) is 5.31. The van der Waals surface area contributed by atoms with Gasteiger partial charge < -0.3 is 15.1 Å². The molecule has 5 nitrogen and oxygen atoms in total. The van der Waals surface area contributed by atoms with Crippen LogP contribution in [-0.4, -0.2) is 60.9 Å². The fourth-order valence-corrected chi connectivity index (χ4v) is 3.78. The Bertz CT molecular complexity index is 478. The number of nitrogens with one attached hydrogen (secondary N) is 1. The Morgan fingerprint density at radius 3 is 2.61 bits per heavy atom. The van der Waals surface area contributed by atoms with Crippen molar-refractivity contribution in [3.63, 3.8) is 0 Å². The van der Waals surface area contributed by atoms with Crippen molar-refractivity contribution in [1.82, 2.24) is 20.4 Å². The molecular weight excluding hydrogens is 310 g/mol. The first kappa shape index (κ1) is 18.4. The fourth-order valence-electron chi connectivity index (χ4n) is 3.78. The van der Waals surface area contributed by atoms with E-state index in [1.54, 1.807) is 0 Å². The Balaban J connectivity index is 0.00000192. The van der Waals surface area contributed by atoms with Crippen LogP contribution in [0.2, 0.25) is 0 Å². The van der Waals surface area contributed by atoms with Crippen LogP contribution in [0, 0.1) is 12.3 Å². The SMILES string of the molecule is Cc1ccc(N(C)C2CCN(CC3(C)CCNC3)CC2)nn1.Cl. The summed E-state index contributed by atoms with van der Waals surface area (Å²) in [4.78, 5) is 4.96. The Labute approximate surface area is 146 Å². The van der Waals surface area contributed by atoms with E-state index in [9.17, 15) is 0 Å². The van der Waals surface area contributed by atoms with Crippen molar-refractivity contribution in [3.8, 4) is 0 Å². The minimum atomic E-state index is 0. The molecule has 6 heteroatoms. The summed E-state index contributed by atoms with van der Waals surface area (Å²) in [5.41, 5.74) is 1.45. The largest absolute Gasteiger partial charge is 0.355 e. The molecule has 0 amide bonds. The third kappa shape index (κ3) is 4.55. The molecule has 1 unspecified atom stereocenters. The highest BCUT2D eigenvalue weighted by atomic mass is 35.5. The van der Waals surface area contributed by atoms with Gasteiger partial charge in [-0.3, -0.25) is 0 Å². The van der Waals surface area contributed by atoms with E-state index in [-0.39, 0.29) is 12.4 Å². The van der Waals surface area contributed by atoms with Crippen molar-refractivity contribution < 1.29 is 0 Å². The molecule has 3 rings (SSSR count). The highest BCUT2D eigenvalue weighted by Crippen LogP contribution is 2.28. The van der Waals surface area contributed by atoms with Crippen molar-refractivity contribution >= 4 is 18.2 Å². The lowest BCUT2D eigenvalue weighted by atomic mass is 9.88. The molecule has 0 bridgehead atoms. The maximum Gasteiger partial charge on any atom is 0.151 e. The molecule has 1 atom stereocenters. The van der Waals surface area contributed by atoms with Crippen molar-refractivity contribution in [1.29, 1.82) is 0 Å². The van der Waals surface area contributed by atoms with Crippen molar-refractivity contribution in [3.05, 3.63) is 17.8 Å². The zero-order chi connectivity index (χ0) is 15.6. The molecule has 0 radical (unpaired) electrons. The normalized spacial score (nSPS) is 26.0. The highest BCUT2D eigenvalue weighted by Gasteiger charge is 2.32. The van der Waals surface area contributed by atoms with Crippen molar-refractivity contribution in [2.75, 3.05) is 44.7 Å². The van der Waals surface area contributed by atoms with Gasteiger partial charge in [-0.15, -0.1) is 17.5 Å². The van der Waals surface area contributed by atoms with Gasteiger partial charge in [-0.25, -0.2) is 0 Å². The van der Waals surface area contributed by atoms with E-state index in [0.29, 0.717) is 11.5 Å². The van der Waals surface area contributed by atoms with Gasteiger partial charge in [0.05, 0.1) is 5.69 Å². The summed E-state index contributed by atoms with van der Waals surface area (Å²) >= 11 is 0. The summed E-state index contributed by atoms with van der Waals surface area (Å²) < 4.78 is 0. The van der Waals surface area contributed by atoms with Gasteiger partial charge in [0.15, 0.2) is 5.82 Å². The van der Waals surface area contributed by atoms with Gasteiger partial charge in [0.1, 0.15) is 0 Å². The van der Waals surface area contributed by atoms with Gasteiger partial charge in [0.25, 0.3) is 0 Å². The number of hydrogen-bond donors (Lipinski definition) is 1. The van der Waals surface area contributed by atoms with Crippen LogP contribution in [0.25, 0.3) is 0 Å². The van der Waals surface area contributed by atoms with Crippen LogP contribution in [0.4, 0.5) is 5.82 Å². The van der Waals surface area contributed by atoms with E-state index < -0.39 is 0 Å². The van der Waals surface area contributed by atoms with Gasteiger partial charge >= 0.3 is 0 Å². The summed E-state index contributed by atoms with van der Waals surface area (Å²) in [6.07, 6.45) is 3.75. The lowest BCUT2D eigenvalue weighted by Crippen LogP contribution is -2.47. The quantitative estimate of drug-likeness (QED) is 0.910.